The highest BCUT2D eigenvalue weighted by Gasteiger charge is 2.02. The highest BCUT2D eigenvalue weighted by molar-refractivity contribution is 7.17. The van der Waals surface area contributed by atoms with Gasteiger partial charge in [-0.2, -0.15) is 0 Å². The van der Waals surface area contributed by atoms with E-state index < -0.39 is 0 Å². The normalized spacial score (nSPS) is 10.6. The molecule has 0 saturated carbocycles. The van der Waals surface area contributed by atoms with Crippen LogP contribution < -0.4 is 10.5 Å². The van der Waals surface area contributed by atoms with Gasteiger partial charge < -0.3 is 5.32 Å². The second kappa shape index (κ2) is 4.35. The predicted octanol–water partition coefficient (Wildman–Crippen LogP) is 3.44. The van der Waals surface area contributed by atoms with Crippen molar-refractivity contribution in [3.8, 4) is 0 Å². The third-order valence-electron chi connectivity index (χ3n) is 2.64. The van der Waals surface area contributed by atoms with E-state index in [1.54, 1.807) is 11.3 Å². The van der Waals surface area contributed by atoms with Crippen LogP contribution in [0.15, 0.2) is 53.9 Å². The van der Waals surface area contributed by atoms with Gasteiger partial charge in [0.1, 0.15) is 0 Å². The van der Waals surface area contributed by atoms with Crippen molar-refractivity contribution in [2.24, 2.45) is 0 Å². The zero-order chi connectivity index (χ0) is 11.7. The average Bonchev–Trinajstić information content (AvgIpc) is 2.76. The Morgan fingerprint density at radius 1 is 0.941 bits per heavy atom. The van der Waals surface area contributed by atoms with E-state index in [-0.39, 0.29) is 0 Å². The molecule has 3 aromatic rings. The molecule has 0 spiro atoms. The van der Waals surface area contributed by atoms with Crippen LogP contribution in [-0.2, 0) is 0 Å². The second-order valence-corrected chi connectivity index (χ2v) is 5.34. The fraction of sp³-hybridized carbons (Fsp3) is 0. The molecule has 0 amide bonds. The lowest BCUT2D eigenvalue weighted by Gasteiger charge is -2.05. The molecule has 0 atom stereocenters. The molecule has 1 heterocycles. The van der Waals surface area contributed by atoms with Crippen molar-refractivity contribution in [3.05, 3.63) is 53.9 Å². The fourth-order valence-corrected chi connectivity index (χ4v) is 2.84. The molecule has 2 aromatic carbocycles. The van der Waals surface area contributed by atoms with Gasteiger partial charge in [0.15, 0.2) is 0 Å². The molecule has 1 aromatic heterocycles. The van der Waals surface area contributed by atoms with Crippen LogP contribution in [0.25, 0.3) is 10.1 Å². The van der Waals surface area contributed by atoms with Crippen molar-refractivity contribution in [1.29, 1.82) is 0 Å². The van der Waals surface area contributed by atoms with Crippen LogP contribution in [0.3, 0.4) is 0 Å². The minimum atomic E-state index is 1.09. The van der Waals surface area contributed by atoms with Crippen molar-refractivity contribution in [3.63, 3.8) is 0 Å². The lowest BCUT2D eigenvalue weighted by molar-refractivity contribution is 1.62. The Balaban J connectivity index is 1.97. The average molecular weight is 252 g/mol. The molecular weight excluding hydrogens is 242 g/mol. The summed E-state index contributed by atoms with van der Waals surface area (Å²) < 4.78 is 1.31. The Morgan fingerprint density at radius 3 is 2.53 bits per heavy atom. The van der Waals surface area contributed by atoms with Gasteiger partial charge in [-0.25, -0.2) is 0 Å². The summed E-state index contributed by atoms with van der Waals surface area (Å²) in [6.45, 7) is 0. The SMILES string of the molecule is [Si]c1ccc(Nc2csc3ccccc23)cc1. The maximum absolute atomic E-state index is 3.49. The van der Waals surface area contributed by atoms with Crippen molar-refractivity contribution in [1.82, 2.24) is 0 Å². The summed E-state index contributed by atoms with van der Waals surface area (Å²) in [5.41, 5.74) is 2.28. The van der Waals surface area contributed by atoms with E-state index in [9.17, 15) is 0 Å². The summed E-state index contributed by atoms with van der Waals surface area (Å²) in [5, 5.41) is 7.97. The number of anilines is 2. The number of hydrogen-bond acceptors (Lipinski definition) is 2. The molecule has 3 radical (unpaired) electrons. The molecule has 0 fully saturated rings. The first-order chi connectivity index (χ1) is 8.33. The Kier molecular flexibility index (Phi) is 2.70. The molecule has 81 valence electrons. The Hall–Kier alpha value is -1.58. The molecule has 3 rings (SSSR count). The van der Waals surface area contributed by atoms with Gasteiger partial charge in [0.05, 0.1) is 15.9 Å². The number of hydrogen-bond donors (Lipinski definition) is 1. The smallest absolute Gasteiger partial charge is 0.0711 e. The molecule has 0 bridgehead atoms. The van der Waals surface area contributed by atoms with Crippen molar-refractivity contribution < 1.29 is 0 Å². The fourth-order valence-electron chi connectivity index (χ4n) is 1.78. The quantitative estimate of drug-likeness (QED) is 0.689. The monoisotopic (exact) mass is 252 g/mol. The van der Waals surface area contributed by atoms with Gasteiger partial charge in [-0.1, -0.05) is 35.5 Å². The number of nitrogens with one attached hydrogen (secondary N) is 1. The van der Waals surface area contributed by atoms with E-state index in [1.807, 2.05) is 12.1 Å². The van der Waals surface area contributed by atoms with E-state index in [1.165, 1.54) is 15.8 Å². The molecule has 3 heteroatoms. The number of benzene rings is 2. The van der Waals surface area contributed by atoms with E-state index in [0.29, 0.717) is 0 Å². The third kappa shape index (κ3) is 2.12. The van der Waals surface area contributed by atoms with Crippen molar-refractivity contribution in [2.75, 3.05) is 5.32 Å². The van der Waals surface area contributed by atoms with Gasteiger partial charge in [-0.05, 0) is 18.2 Å². The van der Waals surface area contributed by atoms with E-state index >= 15 is 0 Å². The summed E-state index contributed by atoms with van der Waals surface area (Å²) in [7, 11) is 3.49. The lowest BCUT2D eigenvalue weighted by atomic mass is 10.2. The Morgan fingerprint density at radius 2 is 1.71 bits per heavy atom. The van der Waals surface area contributed by atoms with Crippen molar-refractivity contribution in [2.45, 2.75) is 0 Å². The highest BCUT2D eigenvalue weighted by Crippen LogP contribution is 2.31. The first kappa shape index (κ1) is 10.6. The minimum absolute atomic E-state index is 1.09. The summed E-state index contributed by atoms with van der Waals surface area (Å²) in [5.74, 6) is 0. The molecule has 0 aliphatic carbocycles. The highest BCUT2D eigenvalue weighted by atomic mass is 32.1. The minimum Gasteiger partial charge on any atom is -0.354 e. The van der Waals surface area contributed by atoms with Crippen LogP contribution in [0.2, 0.25) is 0 Å². The number of thiophene rings is 1. The van der Waals surface area contributed by atoms with Gasteiger partial charge in [-0.15, -0.1) is 11.3 Å². The van der Waals surface area contributed by atoms with Crippen LogP contribution in [-0.4, -0.2) is 10.2 Å². The maximum atomic E-state index is 3.49. The topological polar surface area (TPSA) is 12.0 Å². The zero-order valence-electron chi connectivity index (χ0n) is 9.10. The van der Waals surface area contributed by atoms with Gasteiger partial charge in [0.25, 0.3) is 0 Å². The summed E-state index contributed by atoms with van der Waals surface area (Å²) in [6.07, 6.45) is 0. The van der Waals surface area contributed by atoms with E-state index in [4.69, 9.17) is 0 Å². The summed E-state index contributed by atoms with van der Waals surface area (Å²) in [6, 6.07) is 16.6. The Bertz CT molecular complexity index is 643. The molecule has 17 heavy (non-hydrogen) atoms. The predicted molar refractivity (Wildman–Crippen MR) is 76.9 cm³/mol. The van der Waals surface area contributed by atoms with E-state index in [0.717, 1.165) is 10.9 Å². The lowest BCUT2D eigenvalue weighted by Crippen LogP contribution is -2.00. The van der Waals surface area contributed by atoms with Gasteiger partial charge >= 0.3 is 0 Å². The molecule has 0 unspecified atom stereocenters. The van der Waals surface area contributed by atoms with Gasteiger partial charge in [0.2, 0.25) is 0 Å². The molecule has 1 N–H and O–H groups in total. The van der Waals surface area contributed by atoms with E-state index in [2.05, 4.69) is 57.3 Å². The summed E-state index contributed by atoms with van der Waals surface area (Å²) >= 11 is 1.76. The standard InChI is InChI=1S/C14H10NSSi/c17-11-7-5-10(6-8-11)15-13-9-16-14-4-2-1-3-12(13)14/h1-9,15H. The zero-order valence-corrected chi connectivity index (χ0v) is 10.9. The van der Waals surface area contributed by atoms with Crippen LogP contribution >= 0.6 is 11.3 Å². The van der Waals surface area contributed by atoms with Crippen LogP contribution in [0.5, 0.6) is 0 Å². The van der Waals surface area contributed by atoms with Crippen LogP contribution in [0.4, 0.5) is 11.4 Å². The second-order valence-electron chi connectivity index (χ2n) is 3.85. The number of rotatable bonds is 2. The third-order valence-corrected chi connectivity index (χ3v) is 3.94. The summed E-state index contributed by atoms with van der Waals surface area (Å²) in [4.78, 5) is 0. The largest absolute Gasteiger partial charge is 0.354 e. The number of fused-ring (bicyclic) bond motifs is 1. The molecular formula is C14H10NSSi. The maximum Gasteiger partial charge on any atom is 0.0711 e. The molecule has 0 aliphatic heterocycles. The first-order valence-corrected chi connectivity index (χ1v) is 6.76. The molecule has 0 saturated heterocycles. The van der Waals surface area contributed by atoms with Gasteiger partial charge in [0, 0.05) is 21.2 Å². The molecule has 1 nitrogen and oxygen atoms in total. The van der Waals surface area contributed by atoms with Gasteiger partial charge in [-0.3, -0.25) is 0 Å². The van der Waals surface area contributed by atoms with Crippen LogP contribution in [0, 0.1) is 0 Å². The van der Waals surface area contributed by atoms with Crippen LogP contribution in [0.1, 0.15) is 0 Å². The van der Waals surface area contributed by atoms with Crippen molar-refractivity contribution >= 4 is 48.2 Å². The first-order valence-electron chi connectivity index (χ1n) is 5.38. The Labute approximate surface area is 108 Å². The molecule has 0 aliphatic rings.